The van der Waals surface area contributed by atoms with Crippen molar-refractivity contribution in [1.29, 1.82) is 0 Å². The lowest BCUT2D eigenvalue weighted by atomic mass is 10.1. The molecular formula is C26H28N4O5. The van der Waals surface area contributed by atoms with E-state index in [4.69, 9.17) is 9.15 Å². The average Bonchev–Trinajstić information content (AvgIpc) is 3.43. The minimum atomic E-state index is -0.411. The number of nitrogens with zero attached hydrogens (tertiary/aromatic N) is 2. The molecule has 0 unspecified atom stereocenters. The maximum atomic E-state index is 13.0. The predicted molar refractivity (Wildman–Crippen MR) is 133 cm³/mol. The smallest absolute Gasteiger partial charge is 0.291 e. The van der Waals surface area contributed by atoms with Gasteiger partial charge < -0.3 is 29.6 Å². The van der Waals surface area contributed by atoms with E-state index in [1.165, 1.54) is 11.2 Å². The van der Waals surface area contributed by atoms with Crippen LogP contribution in [0.5, 0.6) is 0 Å². The molecule has 182 valence electrons. The van der Waals surface area contributed by atoms with Crippen LogP contribution in [0.3, 0.4) is 0 Å². The Morgan fingerprint density at radius 1 is 0.943 bits per heavy atom. The van der Waals surface area contributed by atoms with Gasteiger partial charge in [-0.25, -0.2) is 0 Å². The van der Waals surface area contributed by atoms with Gasteiger partial charge >= 0.3 is 0 Å². The van der Waals surface area contributed by atoms with Gasteiger partial charge in [0, 0.05) is 42.3 Å². The minimum absolute atomic E-state index is 0.0937. The molecular weight excluding hydrogens is 448 g/mol. The van der Waals surface area contributed by atoms with E-state index in [-0.39, 0.29) is 24.1 Å². The van der Waals surface area contributed by atoms with Crippen LogP contribution in [0, 0.1) is 0 Å². The van der Waals surface area contributed by atoms with E-state index < -0.39 is 5.91 Å². The van der Waals surface area contributed by atoms with E-state index in [1.54, 1.807) is 36.4 Å². The van der Waals surface area contributed by atoms with E-state index in [0.29, 0.717) is 36.7 Å². The van der Waals surface area contributed by atoms with Gasteiger partial charge in [-0.2, -0.15) is 0 Å². The van der Waals surface area contributed by atoms with Gasteiger partial charge in [-0.05, 0) is 61.5 Å². The van der Waals surface area contributed by atoms with E-state index >= 15 is 0 Å². The third kappa shape index (κ3) is 6.27. The molecule has 9 heteroatoms. The summed E-state index contributed by atoms with van der Waals surface area (Å²) < 4.78 is 10.5. The normalized spacial score (nSPS) is 13.2. The molecule has 3 aromatic rings. The van der Waals surface area contributed by atoms with Crippen LogP contribution in [0.2, 0.25) is 0 Å². The summed E-state index contributed by atoms with van der Waals surface area (Å²) in [6, 6.07) is 17.4. The second-order valence-corrected chi connectivity index (χ2v) is 8.03. The van der Waals surface area contributed by atoms with Crippen LogP contribution in [0.15, 0.2) is 71.3 Å². The first-order valence-electron chi connectivity index (χ1n) is 11.5. The fourth-order valence-electron chi connectivity index (χ4n) is 3.79. The predicted octanol–water partition coefficient (Wildman–Crippen LogP) is 3.47. The molecule has 0 atom stereocenters. The van der Waals surface area contributed by atoms with Crippen molar-refractivity contribution >= 4 is 34.8 Å². The second-order valence-electron chi connectivity index (χ2n) is 8.03. The van der Waals surface area contributed by atoms with Crippen LogP contribution >= 0.6 is 0 Å². The zero-order chi connectivity index (χ0) is 24.6. The van der Waals surface area contributed by atoms with Gasteiger partial charge in [0.05, 0.1) is 19.5 Å². The lowest BCUT2D eigenvalue weighted by Gasteiger charge is -2.29. The van der Waals surface area contributed by atoms with Gasteiger partial charge in [0.25, 0.3) is 11.8 Å². The van der Waals surface area contributed by atoms with Crippen molar-refractivity contribution in [2.75, 3.05) is 54.9 Å². The highest BCUT2D eigenvalue weighted by Crippen LogP contribution is 2.19. The highest BCUT2D eigenvalue weighted by molar-refractivity contribution is 6.04. The number of likely N-dealkylation sites (N-methyl/N-ethyl adjacent to an activating group) is 1. The molecule has 0 aliphatic carbocycles. The summed E-state index contributed by atoms with van der Waals surface area (Å²) in [6.45, 7) is 5.16. The summed E-state index contributed by atoms with van der Waals surface area (Å²) in [7, 11) is 0. The van der Waals surface area contributed by atoms with Crippen LogP contribution in [-0.4, -0.2) is 62.0 Å². The van der Waals surface area contributed by atoms with Gasteiger partial charge in [-0.15, -0.1) is 0 Å². The third-order valence-electron chi connectivity index (χ3n) is 5.64. The largest absolute Gasteiger partial charge is 0.459 e. The molecule has 1 aliphatic heterocycles. The Morgan fingerprint density at radius 2 is 1.71 bits per heavy atom. The Bertz CT molecular complexity index is 1150. The molecule has 2 N–H and O–H groups in total. The van der Waals surface area contributed by atoms with Crippen molar-refractivity contribution in [3.63, 3.8) is 0 Å². The van der Waals surface area contributed by atoms with Crippen LogP contribution < -0.4 is 15.5 Å². The van der Waals surface area contributed by atoms with E-state index in [0.717, 1.165) is 18.8 Å². The molecule has 4 rings (SSSR count). The molecule has 0 radical (unpaired) electrons. The summed E-state index contributed by atoms with van der Waals surface area (Å²) in [4.78, 5) is 41.6. The van der Waals surface area contributed by atoms with E-state index in [9.17, 15) is 14.4 Å². The number of nitrogens with one attached hydrogen (secondary N) is 2. The Labute approximate surface area is 203 Å². The average molecular weight is 477 g/mol. The van der Waals surface area contributed by atoms with Crippen molar-refractivity contribution in [3.8, 4) is 0 Å². The monoisotopic (exact) mass is 476 g/mol. The fraction of sp³-hybridized carbons (Fsp3) is 0.269. The Hall–Kier alpha value is -4.11. The Balaban J connectivity index is 1.35. The number of carbonyl (C=O) groups is 3. The fourth-order valence-corrected chi connectivity index (χ4v) is 3.79. The summed E-state index contributed by atoms with van der Waals surface area (Å²) in [5.41, 5.74) is 2.57. The quantitative estimate of drug-likeness (QED) is 0.516. The van der Waals surface area contributed by atoms with Crippen LogP contribution in [-0.2, 0) is 9.53 Å². The first kappa shape index (κ1) is 24.0. The number of morpholine rings is 1. The van der Waals surface area contributed by atoms with Crippen molar-refractivity contribution in [2.24, 2.45) is 0 Å². The summed E-state index contributed by atoms with van der Waals surface area (Å²) in [5.74, 6) is -0.835. The lowest BCUT2D eigenvalue weighted by molar-refractivity contribution is -0.116. The van der Waals surface area contributed by atoms with Crippen LogP contribution in [0.25, 0.3) is 0 Å². The number of carbonyl (C=O) groups excluding carboxylic acids is 3. The van der Waals surface area contributed by atoms with Gasteiger partial charge in [0.15, 0.2) is 5.76 Å². The van der Waals surface area contributed by atoms with Gasteiger partial charge in [-0.3, -0.25) is 14.4 Å². The molecule has 1 aliphatic rings. The first-order valence-corrected chi connectivity index (χ1v) is 11.5. The molecule has 3 amide bonds. The Morgan fingerprint density at radius 3 is 2.40 bits per heavy atom. The molecule has 35 heavy (non-hydrogen) atoms. The van der Waals surface area contributed by atoms with E-state index in [2.05, 4.69) is 15.5 Å². The zero-order valence-corrected chi connectivity index (χ0v) is 19.5. The topological polar surface area (TPSA) is 104 Å². The third-order valence-corrected chi connectivity index (χ3v) is 5.64. The molecule has 2 aromatic carbocycles. The number of benzene rings is 2. The molecule has 0 saturated carbocycles. The van der Waals surface area contributed by atoms with Gasteiger partial charge in [-0.1, -0.05) is 6.07 Å². The van der Waals surface area contributed by atoms with Crippen molar-refractivity contribution in [3.05, 3.63) is 78.3 Å². The molecule has 1 saturated heterocycles. The number of anilines is 3. The summed E-state index contributed by atoms with van der Waals surface area (Å²) >= 11 is 0. The number of rotatable bonds is 8. The Kier molecular flexibility index (Phi) is 7.79. The minimum Gasteiger partial charge on any atom is -0.459 e. The zero-order valence-electron chi connectivity index (χ0n) is 19.5. The molecule has 2 heterocycles. The highest BCUT2D eigenvalue weighted by atomic mass is 16.5. The van der Waals surface area contributed by atoms with Gasteiger partial charge in [0.2, 0.25) is 5.91 Å². The first-order chi connectivity index (χ1) is 17.0. The van der Waals surface area contributed by atoms with Crippen molar-refractivity contribution < 1.29 is 23.5 Å². The number of hydrogen-bond acceptors (Lipinski definition) is 6. The van der Waals surface area contributed by atoms with Gasteiger partial charge in [0.1, 0.15) is 6.54 Å². The maximum absolute atomic E-state index is 13.0. The molecule has 0 spiro atoms. The summed E-state index contributed by atoms with van der Waals surface area (Å²) in [6.07, 6.45) is 1.41. The summed E-state index contributed by atoms with van der Waals surface area (Å²) in [5, 5.41) is 5.56. The SMILES string of the molecule is CCN(CC(=O)Nc1ccc(N2CCOCC2)cc1)C(=O)c1cccc(NC(=O)c2ccco2)c1. The molecule has 0 bridgehead atoms. The second kappa shape index (κ2) is 11.3. The van der Waals surface area contributed by atoms with Crippen molar-refractivity contribution in [2.45, 2.75) is 6.92 Å². The number of amides is 3. The standard InChI is InChI=1S/C26H28N4O5/c1-2-29(18-24(31)27-20-8-10-22(11-9-20)30-12-15-34-16-13-30)26(33)19-5-3-6-21(17-19)28-25(32)23-7-4-14-35-23/h3-11,14,17H,2,12-13,15-16,18H2,1H3,(H,27,31)(H,28,32). The van der Waals surface area contributed by atoms with Crippen molar-refractivity contribution in [1.82, 2.24) is 4.90 Å². The van der Waals surface area contributed by atoms with E-state index in [1.807, 2.05) is 31.2 Å². The number of hydrogen-bond donors (Lipinski definition) is 2. The number of ether oxygens (including phenoxy) is 1. The molecule has 9 nitrogen and oxygen atoms in total. The number of furan rings is 1. The molecule has 1 aromatic heterocycles. The highest BCUT2D eigenvalue weighted by Gasteiger charge is 2.19. The molecule has 1 fully saturated rings. The van der Waals surface area contributed by atoms with Crippen LogP contribution in [0.1, 0.15) is 27.8 Å². The lowest BCUT2D eigenvalue weighted by Crippen LogP contribution is -2.38. The maximum Gasteiger partial charge on any atom is 0.291 e. The van der Waals surface area contributed by atoms with Crippen LogP contribution in [0.4, 0.5) is 17.1 Å².